The van der Waals surface area contributed by atoms with E-state index in [1.807, 2.05) is 25.8 Å². The van der Waals surface area contributed by atoms with Gasteiger partial charge in [-0.1, -0.05) is 6.92 Å². The van der Waals surface area contributed by atoms with Crippen molar-refractivity contribution in [2.45, 2.75) is 26.3 Å². The molecule has 0 saturated carbocycles. The molecule has 0 spiro atoms. The van der Waals surface area contributed by atoms with Gasteiger partial charge in [0.05, 0.1) is 0 Å². The maximum atomic E-state index is 11.3. The first kappa shape index (κ1) is 11.7. The number of nitrogens with one attached hydrogen (secondary N) is 1. The summed E-state index contributed by atoms with van der Waals surface area (Å²) in [5, 5.41) is 0. The quantitative estimate of drug-likeness (QED) is 0.740. The van der Waals surface area contributed by atoms with E-state index in [1.54, 1.807) is 0 Å². The molecule has 3 N–H and O–H groups in total. The highest BCUT2D eigenvalue weighted by Gasteiger charge is 2.10. The zero-order chi connectivity index (χ0) is 11.4. The zero-order valence-electron chi connectivity index (χ0n) is 9.45. The van der Waals surface area contributed by atoms with Gasteiger partial charge in [0.1, 0.15) is 11.6 Å². The van der Waals surface area contributed by atoms with Gasteiger partial charge in [0, 0.05) is 32.1 Å². The number of nitrogens with zero attached hydrogens (tertiary/aromatic N) is 2. The van der Waals surface area contributed by atoms with Gasteiger partial charge in [0.2, 0.25) is 0 Å². The van der Waals surface area contributed by atoms with Crippen LogP contribution in [-0.4, -0.2) is 29.6 Å². The summed E-state index contributed by atoms with van der Waals surface area (Å²) in [7, 11) is 1.89. The van der Waals surface area contributed by atoms with Crippen molar-refractivity contribution in [2.75, 3.05) is 18.5 Å². The van der Waals surface area contributed by atoms with Crippen LogP contribution in [0.25, 0.3) is 0 Å². The first-order chi connectivity index (χ1) is 7.08. The molecule has 5 nitrogen and oxygen atoms in total. The monoisotopic (exact) mass is 210 g/mol. The second kappa shape index (κ2) is 4.93. The molecule has 1 aromatic rings. The molecule has 0 amide bonds. The third-order valence-corrected chi connectivity index (χ3v) is 2.48. The van der Waals surface area contributed by atoms with Gasteiger partial charge in [-0.2, -0.15) is 0 Å². The van der Waals surface area contributed by atoms with Crippen molar-refractivity contribution in [1.82, 2.24) is 9.97 Å². The van der Waals surface area contributed by atoms with Gasteiger partial charge in [-0.15, -0.1) is 0 Å². The van der Waals surface area contributed by atoms with Crippen molar-refractivity contribution in [3.05, 3.63) is 22.2 Å². The number of nitrogens with two attached hydrogens (primary N) is 1. The summed E-state index contributed by atoms with van der Waals surface area (Å²) in [5.74, 6) is 1.38. The third-order valence-electron chi connectivity index (χ3n) is 2.48. The Morgan fingerprint density at radius 2 is 2.33 bits per heavy atom. The first-order valence-corrected chi connectivity index (χ1v) is 5.11. The SMILES string of the molecule is CCc1nc(N(C)C(C)CN)cc(=O)[nH]1. The van der Waals surface area contributed by atoms with Gasteiger partial charge in [0.15, 0.2) is 0 Å². The number of aromatic nitrogens is 2. The highest BCUT2D eigenvalue weighted by atomic mass is 16.1. The van der Waals surface area contributed by atoms with Gasteiger partial charge < -0.3 is 15.6 Å². The first-order valence-electron chi connectivity index (χ1n) is 5.11. The average Bonchev–Trinajstić information content (AvgIpc) is 2.26. The fourth-order valence-corrected chi connectivity index (χ4v) is 1.23. The fourth-order valence-electron chi connectivity index (χ4n) is 1.23. The second-order valence-electron chi connectivity index (χ2n) is 3.60. The summed E-state index contributed by atoms with van der Waals surface area (Å²) >= 11 is 0. The predicted octanol–water partition coefficient (Wildman–Crippen LogP) is 0.116. The van der Waals surface area contributed by atoms with E-state index in [-0.39, 0.29) is 11.6 Å². The van der Waals surface area contributed by atoms with Crippen LogP contribution < -0.4 is 16.2 Å². The molecule has 1 unspecified atom stereocenters. The van der Waals surface area contributed by atoms with Crippen molar-refractivity contribution in [3.8, 4) is 0 Å². The normalized spacial score (nSPS) is 12.5. The van der Waals surface area contributed by atoms with E-state index in [0.29, 0.717) is 24.6 Å². The maximum Gasteiger partial charge on any atom is 0.252 e. The number of hydrogen-bond acceptors (Lipinski definition) is 4. The van der Waals surface area contributed by atoms with Crippen molar-refractivity contribution in [3.63, 3.8) is 0 Å². The summed E-state index contributed by atoms with van der Waals surface area (Å²) in [4.78, 5) is 20.3. The smallest absolute Gasteiger partial charge is 0.252 e. The van der Waals surface area contributed by atoms with E-state index in [9.17, 15) is 4.79 Å². The number of anilines is 1. The van der Waals surface area contributed by atoms with E-state index < -0.39 is 0 Å². The lowest BCUT2D eigenvalue weighted by Crippen LogP contribution is -2.36. The van der Waals surface area contributed by atoms with E-state index in [0.717, 1.165) is 0 Å². The largest absolute Gasteiger partial charge is 0.355 e. The second-order valence-corrected chi connectivity index (χ2v) is 3.60. The molecule has 1 aromatic heterocycles. The molecule has 1 heterocycles. The van der Waals surface area contributed by atoms with E-state index in [1.165, 1.54) is 6.07 Å². The molecule has 0 fully saturated rings. The minimum Gasteiger partial charge on any atom is -0.355 e. The predicted molar refractivity (Wildman–Crippen MR) is 61.2 cm³/mol. The third kappa shape index (κ3) is 2.79. The number of aromatic amines is 1. The molecule has 5 heteroatoms. The van der Waals surface area contributed by atoms with Crippen LogP contribution in [0.1, 0.15) is 19.7 Å². The lowest BCUT2D eigenvalue weighted by molar-refractivity contribution is 0.682. The van der Waals surface area contributed by atoms with Crippen LogP contribution in [0.15, 0.2) is 10.9 Å². The minimum atomic E-state index is -0.118. The van der Waals surface area contributed by atoms with Crippen LogP contribution in [0.2, 0.25) is 0 Å². The molecule has 0 saturated heterocycles. The highest BCUT2D eigenvalue weighted by Crippen LogP contribution is 2.08. The molecule has 0 aliphatic carbocycles. The van der Waals surface area contributed by atoms with E-state index >= 15 is 0 Å². The van der Waals surface area contributed by atoms with Crippen LogP contribution >= 0.6 is 0 Å². The van der Waals surface area contributed by atoms with Gasteiger partial charge in [-0.25, -0.2) is 4.98 Å². The Morgan fingerprint density at radius 3 is 2.87 bits per heavy atom. The number of likely N-dealkylation sites (N-methyl/N-ethyl adjacent to an activating group) is 1. The Bertz CT molecular complexity index is 374. The number of aryl methyl sites for hydroxylation is 1. The molecule has 0 aromatic carbocycles. The standard InChI is InChI=1S/C10H18N4O/c1-4-8-12-9(5-10(15)13-8)14(3)7(2)6-11/h5,7H,4,6,11H2,1-3H3,(H,12,13,15). The summed E-state index contributed by atoms with van der Waals surface area (Å²) in [6.07, 6.45) is 0.716. The summed E-state index contributed by atoms with van der Waals surface area (Å²) in [5.41, 5.74) is 5.45. The molecular formula is C10H18N4O. The Kier molecular flexibility index (Phi) is 3.85. The summed E-state index contributed by atoms with van der Waals surface area (Å²) in [6.45, 7) is 4.48. The lowest BCUT2D eigenvalue weighted by Gasteiger charge is -2.24. The molecule has 15 heavy (non-hydrogen) atoms. The Hall–Kier alpha value is -1.36. The maximum absolute atomic E-state index is 11.3. The number of hydrogen-bond donors (Lipinski definition) is 2. The molecule has 0 aliphatic heterocycles. The van der Waals surface area contributed by atoms with Crippen molar-refractivity contribution in [1.29, 1.82) is 0 Å². The van der Waals surface area contributed by atoms with Gasteiger partial charge in [-0.3, -0.25) is 4.79 Å². The number of rotatable bonds is 4. The van der Waals surface area contributed by atoms with Crippen molar-refractivity contribution in [2.24, 2.45) is 5.73 Å². The van der Waals surface area contributed by atoms with Crippen LogP contribution in [0, 0.1) is 0 Å². The molecule has 0 bridgehead atoms. The topological polar surface area (TPSA) is 75.0 Å². The summed E-state index contributed by atoms with van der Waals surface area (Å²) < 4.78 is 0. The van der Waals surface area contributed by atoms with Crippen molar-refractivity contribution < 1.29 is 0 Å². The van der Waals surface area contributed by atoms with Gasteiger partial charge in [-0.05, 0) is 6.92 Å². The number of H-pyrrole nitrogens is 1. The van der Waals surface area contributed by atoms with Crippen LogP contribution in [0.5, 0.6) is 0 Å². The van der Waals surface area contributed by atoms with Crippen LogP contribution in [-0.2, 0) is 6.42 Å². The zero-order valence-corrected chi connectivity index (χ0v) is 9.45. The molecule has 84 valence electrons. The van der Waals surface area contributed by atoms with Crippen LogP contribution in [0.4, 0.5) is 5.82 Å². The highest BCUT2D eigenvalue weighted by molar-refractivity contribution is 5.37. The van der Waals surface area contributed by atoms with E-state index in [4.69, 9.17) is 5.73 Å². The lowest BCUT2D eigenvalue weighted by atomic mass is 10.3. The fraction of sp³-hybridized carbons (Fsp3) is 0.600. The van der Waals surface area contributed by atoms with E-state index in [2.05, 4.69) is 9.97 Å². The van der Waals surface area contributed by atoms with Crippen molar-refractivity contribution >= 4 is 5.82 Å². The molecular weight excluding hydrogens is 192 g/mol. The average molecular weight is 210 g/mol. The Morgan fingerprint density at radius 1 is 1.67 bits per heavy atom. The van der Waals surface area contributed by atoms with Gasteiger partial charge >= 0.3 is 0 Å². The molecule has 1 atom stereocenters. The summed E-state index contributed by atoms with van der Waals surface area (Å²) in [6, 6.07) is 1.66. The minimum absolute atomic E-state index is 0.118. The molecule has 0 aliphatic rings. The molecule has 0 radical (unpaired) electrons. The molecule has 1 rings (SSSR count). The Labute approximate surface area is 89.3 Å². The van der Waals surface area contributed by atoms with Crippen LogP contribution in [0.3, 0.4) is 0 Å². The van der Waals surface area contributed by atoms with Gasteiger partial charge in [0.25, 0.3) is 5.56 Å². The Balaban J connectivity index is 3.03.